The molecule has 150 valence electrons. The van der Waals surface area contributed by atoms with E-state index in [1.165, 1.54) is 6.07 Å². The van der Waals surface area contributed by atoms with E-state index in [0.717, 1.165) is 22.2 Å². The molecule has 0 spiro atoms. The van der Waals surface area contributed by atoms with E-state index in [1.54, 1.807) is 30.3 Å². The van der Waals surface area contributed by atoms with Gasteiger partial charge in [0.15, 0.2) is 0 Å². The Morgan fingerprint density at radius 3 is 2.57 bits per heavy atom. The lowest BCUT2D eigenvalue weighted by atomic mass is 10.2. The average Bonchev–Trinajstić information content (AvgIpc) is 3.01. The maximum absolute atomic E-state index is 12.5. The second-order valence-electron chi connectivity index (χ2n) is 6.49. The third-order valence-electron chi connectivity index (χ3n) is 4.48. The van der Waals surface area contributed by atoms with Crippen molar-refractivity contribution in [1.29, 1.82) is 0 Å². The molecule has 0 aliphatic carbocycles. The molecule has 0 unspecified atom stereocenters. The molecule has 1 aliphatic heterocycles. The first kappa shape index (κ1) is 19.7. The van der Waals surface area contributed by atoms with Crippen molar-refractivity contribution >= 4 is 45.9 Å². The van der Waals surface area contributed by atoms with Gasteiger partial charge in [-0.05, 0) is 35.5 Å². The quantitative estimate of drug-likeness (QED) is 0.503. The molecule has 2 aromatic carbocycles. The molecule has 2 heterocycles. The number of carbonyl (C=O) groups excluding carboxylic acids is 3. The summed E-state index contributed by atoms with van der Waals surface area (Å²) in [5.41, 5.74) is 0.330. The molecule has 1 N–H and O–H groups in total. The highest BCUT2D eigenvalue weighted by atomic mass is 32.2. The van der Waals surface area contributed by atoms with Gasteiger partial charge in [-0.1, -0.05) is 48.5 Å². The first-order valence-corrected chi connectivity index (χ1v) is 9.96. The van der Waals surface area contributed by atoms with Gasteiger partial charge in [0.05, 0.1) is 4.91 Å². The second kappa shape index (κ2) is 8.38. The summed E-state index contributed by atoms with van der Waals surface area (Å²) in [4.78, 5) is 50.5. The largest absolute Gasteiger partial charge is 0.422 e. The number of nitrogens with one attached hydrogen (secondary N) is 1. The number of rotatable bonds is 5. The van der Waals surface area contributed by atoms with Crippen LogP contribution in [0.2, 0.25) is 0 Å². The number of hydrogen-bond acceptors (Lipinski definition) is 6. The topological polar surface area (TPSA) is 96.7 Å². The summed E-state index contributed by atoms with van der Waals surface area (Å²) < 4.78 is 5.15. The van der Waals surface area contributed by atoms with Gasteiger partial charge in [-0.3, -0.25) is 19.3 Å². The molecule has 1 aliphatic rings. The lowest BCUT2D eigenvalue weighted by molar-refractivity contribution is -0.122. The molecule has 4 rings (SSSR count). The minimum atomic E-state index is -0.747. The van der Waals surface area contributed by atoms with Crippen molar-refractivity contribution in [2.24, 2.45) is 0 Å². The fourth-order valence-electron chi connectivity index (χ4n) is 2.99. The van der Waals surface area contributed by atoms with Crippen molar-refractivity contribution in [1.82, 2.24) is 10.2 Å². The van der Waals surface area contributed by atoms with Crippen molar-refractivity contribution in [3.63, 3.8) is 0 Å². The van der Waals surface area contributed by atoms with E-state index in [2.05, 4.69) is 5.32 Å². The van der Waals surface area contributed by atoms with Gasteiger partial charge in [-0.15, -0.1) is 0 Å². The average molecular weight is 420 g/mol. The van der Waals surface area contributed by atoms with Crippen LogP contribution in [0.4, 0.5) is 4.79 Å². The Hall–Kier alpha value is -3.65. The van der Waals surface area contributed by atoms with Gasteiger partial charge in [0.2, 0.25) is 0 Å². The molecule has 1 saturated heterocycles. The lowest BCUT2D eigenvalue weighted by Crippen LogP contribution is -2.38. The molecule has 7 nitrogen and oxygen atoms in total. The summed E-state index contributed by atoms with van der Waals surface area (Å²) in [5, 5.41) is 2.79. The Kier molecular flexibility index (Phi) is 5.49. The Bertz CT molecular complexity index is 1230. The number of imide groups is 1. The van der Waals surface area contributed by atoms with Gasteiger partial charge in [-0.25, -0.2) is 4.79 Å². The maximum atomic E-state index is 12.5. The van der Waals surface area contributed by atoms with Gasteiger partial charge in [0.1, 0.15) is 11.1 Å². The Balaban J connectivity index is 1.40. The number of thioether (sulfide) groups is 1. The van der Waals surface area contributed by atoms with Gasteiger partial charge in [0, 0.05) is 18.5 Å². The SMILES string of the molecule is O=C(NCCN1C(=O)S/C(=C\c2ccccc2)C1=O)c1cc2ccccc2oc1=O. The van der Waals surface area contributed by atoms with E-state index < -0.39 is 22.7 Å². The van der Waals surface area contributed by atoms with Crippen LogP contribution in [0.15, 0.2) is 74.8 Å². The first-order valence-electron chi connectivity index (χ1n) is 9.14. The minimum absolute atomic E-state index is 0.00144. The number of nitrogens with zero attached hydrogens (tertiary/aromatic N) is 1. The highest BCUT2D eigenvalue weighted by Gasteiger charge is 2.34. The third kappa shape index (κ3) is 4.04. The molecule has 1 fully saturated rings. The predicted octanol–water partition coefficient (Wildman–Crippen LogP) is 3.26. The molecule has 3 amide bonds. The van der Waals surface area contributed by atoms with Gasteiger partial charge < -0.3 is 9.73 Å². The Morgan fingerprint density at radius 1 is 1.03 bits per heavy atom. The second-order valence-corrected chi connectivity index (χ2v) is 7.48. The van der Waals surface area contributed by atoms with E-state index in [4.69, 9.17) is 4.42 Å². The van der Waals surface area contributed by atoms with Crippen LogP contribution < -0.4 is 10.9 Å². The zero-order valence-electron chi connectivity index (χ0n) is 15.7. The van der Waals surface area contributed by atoms with E-state index in [1.807, 2.05) is 30.3 Å². The minimum Gasteiger partial charge on any atom is -0.422 e. The number of benzene rings is 2. The van der Waals surface area contributed by atoms with E-state index in [9.17, 15) is 19.2 Å². The van der Waals surface area contributed by atoms with Crippen molar-refractivity contribution in [2.45, 2.75) is 0 Å². The molecule has 30 heavy (non-hydrogen) atoms. The summed E-state index contributed by atoms with van der Waals surface area (Å²) in [7, 11) is 0. The van der Waals surface area contributed by atoms with Crippen LogP contribution in [0.25, 0.3) is 17.0 Å². The van der Waals surface area contributed by atoms with Crippen LogP contribution in [-0.4, -0.2) is 35.0 Å². The number of para-hydroxylation sites is 1. The highest BCUT2D eigenvalue weighted by Crippen LogP contribution is 2.31. The van der Waals surface area contributed by atoms with Crippen LogP contribution in [0, 0.1) is 0 Å². The van der Waals surface area contributed by atoms with E-state index >= 15 is 0 Å². The first-order chi connectivity index (χ1) is 14.5. The van der Waals surface area contributed by atoms with Crippen molar-refractivity contribution < 1.29 is 18.8 Å². The van der Waals surface area contributed by atoms with Gasteiger partial charge in [0.25, 0.3) is 17.1 Å². The molecule has 0 bridgehead atoms. The van der Waals surface area contributed by atoms with Crippen molar-refractivity contribution in [3.05, 3.63) is 87.1 Å². The smallest absolute Gasteiger partial charge is 0.349 e. The molecule has 1 aromatic heterocycles. The summed E-state index contributed by atoms with van der Waals surface area (Å²) in [6.45, 7) is 0.0171. The van der Waals surface area contributed by atoms with Crippen molar-refractivity contribution in [2.75, 3.05) is 13.1 Å². The number of fused-ring (bicyclic) bond motifs is 1. The van der Waals surface area contributed by atoms with Gasteiger partial charge >= 0.3 is 5.63 Å². The normalized spacial score (nSPS) is 15.2. The van der Waals surface area contributed by atoms with Crippen LogP contribution in [0.5, 0.6) is 0 Å². The summed E-state index contributed by atoms with van der Waals surface area (Å²) in [5.74, 6) is -1.03. The summed E-state index contributed by atoms with van der Waals surface area (Å²) >= 11 is 0.857. The molecule has 0 saturated carbocycles. The molecular weight excluding hydrogens is 404 g/mol. The molecule has 3 aromatic rings. The predicted molar refractivity (Wildman–Crippen MR) is 114 cm³/mol. The van der Waals surface area contributed by atoms with Crippen LogP contribution in [-0.2, 0) is 4.79 Å². The van der Waals surface area contributed by atoms with Gasteiger partial charge in [-0.2, -0.15) is 0 Å². The third-order valence-corrected chi connectivity index (χ3v) is 5.39. The van der Waals surface area contributed by atoms with E-state index in [0.29, 0.717) is 15.9 Å². The monoisotopic (exact) mass is 420 g/mol. The fourth-order valence-corrected chi connectivity index (χ4v) is 3.86. The molecular formula is C22H16N2O5S. The highest BCUT2D eigenvalue weighted by molar-refractivity contribution is 8.18. The van der Waals surface area contributed by atoms with Crippen LogP contribution >= 0.6 is 11.8 Å². The number of amides is 3. The number of hydrogen-bond donors (Lipinski definition) is 1. The van der Waals surface area contributed by atoms with Crippen molar-refractivity contribution in [3.8, 4) is 0 Å². The number of carbonyl (C=O) groups is 3. The summed E-state index contributed by atoms with van der Waals surface area (Å²) in [6, 6.07) is 17.5. The lowest BCUT2D eigenvalue weighted by Gasteiger charge is -2.12. The zero-order valence-corrected chi connectivity index (χ0v) is 16.5. The summed E-state index contributed by atoms with van der Waals surface area (Å²) in [6.07, 6.45) is 1.66. The molecule has 0 atom stereocenters. The van der Waals surface area contributed by atoms with Crippen LogP contribution in [0.1, 0.15) is 15.9 Å². The van der Waals surface area contributed by atoms with E-state index in [-0.39, 0.29) is 18.7 Å². The molecule has 0 radical (unpaired) electrons. The fraction of sp³-hybridized carbons (Fsp3) is 0.0909. The zero-order chi connectivity index (χ0) is 21.1. The maximum Gasteiger partial charge on any atom is 0.349 e. The van der Waals surface area contributed by atoms with Crippen LogP contribution in [0.3, 0.4) is 0 Å². The standard InChI is InChI=1S/C22H16N2O5S/c25-19(16-13-15-8-4-5-9-17(15)29-21(16)27)23-10-11-24-20(26)18(30-22(24)28)12-14-6-2-1-3-7-14/h1-9,12-13H,10-11H2,(H,23,25)/b18-12-. The Labute approximate surface area is 175 Å². The Morgan fingerprint density at radius 2 is 1.77 bits per heavy atom. The molecule has 8 heteroatoms.